The van der Waals surface area contributed by atoms with Gasteiger partial charge in [0.15, 0.2) is 5.69 Å². The van der Waals surface area contributed by atoms with E-state index in [4.69, 9.17) is 21.1 Å². The summed E-state index contributed by atoms with van der Waals surface area (Å²) in [5.41, 5.74) is 3.09. The van der Waals surface area contributed by atoms with Gasteiger partial charge in [-0.25, -0.2) is 0 Å². The van der Waals surface area contributed by atoms with Crippen molar-refractivity contribution in [2.45, 2.75) is 20.5 Å². The summed E-state index contributed by atoms with van der Waals surface area (Å²) >= 11 is 6.02. The fraction of sp³-hybridized carbons (Fsp3) is 0.286. The molecule has 1 aromatic heterocycles. The van der Waals surface area contributed by atoms with E-state index in [-0.39, 0.29) is 11.6 Å². The molecule has 7 nitrogen and oxygen atoms in total. The molecule has 0 atom stereocenters. The second-order valence-corrected chi connectivity index (χ2v) is 6.74. The van der Waals surface area contributed by atoms with Crippen LogP contribution in [0.15, 0.2) is 48.5 Å². The van der Waals surface area contributed by atoms with Gasteiger partial charge >= 0.3 is 0 Å². The average Bonchev–Trinajstić information content (AvgIpc) is 3.10. The zero-order chi connectivity index (χ0) is 20.6. The Balaban J connectivity index is 1.65. The predicted molar refractivity (Wildman–Crippen MR) is 112 cm³/mol. The lowest BCUT2D eigenvalue weighted by atomic mass is 10.2. The van der Waals surface area contributed by atoms with Crippen LogP contribution >= 0.6 is 11.6 Å². The van der Waals surface area contributed by atoms with Crippen LogP contribution in [0, 0.1) is 6.92 Å². The van der Waals surface area contributed by atoms with E-state index in [1.165, 1.54) is 4.80 Å². The minimum atomic E-state index is -0.329. The molecule has 3 aromatic rings. The maximum Gasteiger partial charge on any atom is 0.278 e. The molecule has 152 valence electrons. The molecular weight excluding hydrogens is 392 g/mol. The molecule has 0 saturated heterocycles. The number of aryl methyl sites for hydroxylation is 1. The van der Waals surface area contributed by atoms with Crippen molar-refractivity contribution in [1.82, 2.24) is 15.0 Å². The zero-order valence-electron chi connectivity index (χ0n) is 16.4. The highest BCUT2D eigenvalue weighted by Crippen LogP contribution is 2.16. The molecule has 0 spiro atoms. The van der Waals surface area contributed by atoms with Crippen molar-refractivity contribution in [2.24, 2.45) is 0 Å². The Kier molecular flexibility index (Phi) is 7.35. The SMILES string of the molecule is CCOCCOCc1cccc(NC(=O)c2nn(-c3cccc(Cl)c3)nc2C)c1. The lowest BCUT2D eigenvalue weighted by Gasteiger charge is -2.08. The first-order valence-corrected chi connectivity index (χ1v) is 9.70. The molecular formula is C21H23ClN4O3. The summed E-state index contributed by atoms with van der Waals surface area (Å²) in [6.07, 6.45) is 0. The number of aromatic nitrogens is 3. The molecule has 1 amide bonds. The average molecular weight is 415 g/mol. The van der Waals surface area contributed by atoms with Crippen molar-refractivity contribution >= 4 is 23.2 Å². The molecule has 3 rings (SSSR count). The second kappa shape index (κ2) is 10.2. The van der Waals surface area contributed by atoms with E-state index in [1.54, 1.807) is 25.1 Å². The summed E-state index contributed by atoms with van der Waals surface area (Å²) in [4.78, 5) is 14.1. The van der Waals surface area contributed by atoms with Gasteiger partial charge < -0.3 is 14.8 Å². The number of anilines is 1. The molecule has 1 N–H and O–H groups in total. The highest BCUT2D eigenvalue weighted by molar-refractivity contribution is 6.30. The van der Waals surface area contributed by atoms with Gasteiger partial charge in [0, 0.05) is 17.3 Å². The Labute approximate surface area is 174 Å². The van der Waals surface area contributed by atoms with Gasteiger partial charge in [0.05, 0.1) is 31.2 Å². The van der Waals surface area contributed by atoms with E-state index in [9.17, 15) is 4.79 Å². The molecule has 0 fully saturated rings. The van der Waals surface area contributed by atoms with Crippen LogP contribution in [-0.4, -0.2) is 40.7 Å². The van der Waals surface area contributed by atoms with E-state index in [0.29, 0.717) is 48.5 Å². The van der Waals surface area contributed by atoms with Crippen LogP contribution in [-0.2, 0) is 16.1 Å². The van der Waals surface area contributed by atoms with Gasteiger partial charge in [-0.05, 0) is 49.7 Å². The molecule has 0 saturated carbocycles. The Morgan fingerprint density at radius 2 is 1.90 bits per heavy atom. The third-order valence-electron chi connectivity index (χ3n) is 4.07. The lowest BCUT2D eigenvalue weighted by molar-refractivity contribution is 0.0453. The van der Waals surface area contributed by atoms with Gasteiger partial charge in [0.1, 0.15) is 0 Å². The van der Waals surface area contributed by atoms with Gasteiger partial charge in [-0.1, -0.05) is 29.8 Å². The Hall–Kier alpha value is -2.74. The summed E-state index contributed by atoms with van der Waals surface area (Å²) in [6.45, 7) is 5.89. The molecule has 0 aliphatic rings. The molecule has 1 heterocycles. The number of amides is 1. The summed E-state index contributed by atoms with van der Waals surface area (Å²) in [6, 6.07) is 14.6. The van der Waals surface area contributed by atoms with Gasteiger partial charge in [-0.15, -0.1) is 5.10 Å². The number of ether oxygens (including phenoxy) is 2. The Morgan fingerprint density at radius 3 is 2.69 bits per heavy atom. The number of hydrogen-bond donors (Lipinski definition) is 1. The van der Waals surface area contributed by atoms with Crippen molar-refractivity contribution < 1.29 is 14.3 Å². The van der Waals surface area contributed by atoms with Crippen LogP contribution < -0.4 is 5.32 Å². The third kappa shape index (κ3) is 5.87. The maximum atomic E-state index is 12.7. The molecule has 29 heavy (non-hydrogen) atoms. The van der Waals surface area contributed by atoms with Crippen LogP contribution in [0.3, 0.4) is 0 Å². The van der Waals surface area contributed by atoms with E-state index in [1.807, 2.05) is 37.3 Å². The molecule has 0 unspecified atom stereocenters. The summed E-state index contributed by atoms with van der Waals surface area (Å²) in [5, 5.41) is 12.1. The normalized spacial score (nSPS) is 10.9. The van der Waals surface area contributed by atoms with Crippen LogP contribution in [0.2, 0.25) is 5.02 Å². The van der Waals surface area contributed by atoms with Crippen LogP contribution in [0.4, 0.5) is 5.69 Å². The largest absolute Gasteiger partial charge is 0.379 e. The number of nitrogens with zero attached hydrogens (tertiary/aromatic N) is 3. The minimum Gasteiger partial charge on any atom is -0.379 e. The second-order valence-electron chi connectivity index (χ2n) is 6.31. The maximum absolute atomic E-state index is 12.7. The number of nitrogens with one attached hydrogen (secondary N) is 1. The number of benzene rings is 2. The first-order chi connectivity index (χ1) is 14.1. The highest BCUT2D eigenvalue weighted by atomic mass is 35.5. The Bertz CT molecular complexity index is 974. The molecule has 2 aromatic carbocycles. The monoisotopic (exact) mass is 414 g/mol. The Morgan fingerprint density at radius 1 is 1.10 bits per heavy atom. The van der Waals surface area contributed by atoms with Gasteiger partial charge in [0.2, 0.25) is 0 Å². The first-order valence-electron chi connectivity index (χ1n) is 9.32. The number of hydrogen-bond acceptors (Lipinski definition) is 5. The number of rotatable bonds is 9. The summed E-state index contributed by atoms with van der Waals surface area (Å²) in [7, 11) is 0. The van der Waals surface area contributed by atoms with E-state index < -0.39 is 0 Å². The summed E-state index contributed by atoms with van der Waals surface area (Å²) in [5.74, 6) is -0.329. The van der Waals surface area contributed by atoms with Crippen LogP contribution in [0.1, 0.15) is 28.7 Å². The molecule has 0 aliphatic heterocycles. The molecule has 8 heteroatoms. The smallest absolute Gasteiger partial charge is 0.278 e. The fourth-order valence-electron chi connectivity index (χ4n) is 2.69. The van der Waals surface area contributed by atoms with Crippen LogP contribution in [0.25, 0.3) is 5.69 Å². The van der Waals surface area contributed by atoms with Gasteiger partial charge in [0.25, 0.3) is 5.91 Å². The van der Waals surface area contributed by atoms with Gasteiger partial charge in [-0.2, -0.15) is 9.90 Å². The van der Waals surface area contributed by atoms with E-state index in [2.05, 4.69) is 15.5 Å². The zero-order valence-corrected chi connectivity index (χ0v) is 17.1. The predicted octanol–water partition coefficient (Wildman–Crippen LogP) is 4.03. The molecule has 0 radical (unpaired) electrons. The number of carbonyl (C=O) groups is 1. The number of carbonyl (C=O) groups excluding carboxylic acids is 1. The summed E-state index contributed by atoms with van der Waals surface area (Å²) < 4.78 is 10.8. The van der Waals surface area contributed by atoms with Crippen LogP contribution in [0.5, 0.6) is 0 Å². The topological polar surface area (TPSA) is 78.3 Å². The minimum absolute atomic E-state index is 0.253. The van der Waals surface area contributed by atoms with Crippen molar-refractivity contribution in [3.05, 3.63) is 70.5 Å². The van der Waals surface area contributed by atoms with Crippen molar-refractivity contribution in [1.29, 1.82) is 0 Å². The molecule has 0 aliphatic carbocycles. The van der Waals surface area contributed by atoms with Gasteiger partial charge in [-0.3, -0.25) is 4.79 Å². The highest BCUT2D eigenvalue weighted by Gasteiger charge is 2.17. The van der Waals surface area contributed by atoms with E-state index >= 15 is 0 Å². The third-order valence-corrected chi connectivity index (χ3v) is 4.30. The van der Waals surface area contributed by atoms with Crippen molar-refractivity contribution in [2.75, 3.05) is 25.1 Å². The first kappa shape index (κ1) is 21.0. The van der Waals surface area contributed by atoms with E-state index in [0.717, 1.165) is 5.56 Å². The standard InChI is InChI=1S/C21H23ClN4O3/c1-3-28-10-11-29-14-16-6-4-8-18(12-16)23-21(27)20-15(2)24-26(25-20)19-9-5-7-17(22)13-19/h4-9,12-13H,3,10-11,14H2,1-2H3,(H,23,27). The molecule has 0 bridgehead atoms. The number of halogens is 1. The van der Waals surface area contributed by atoms with Crippen molar-refractivity contribution in [3.63, 3.8) is 0 Å². The quantitative estimate of drug-likeness (QED) is 0.535. The van der Waals surface area contributed by atoms with Crippen molar-refractivity contribution in [3.8, 4) is 5.69 Å². The lowest BCUT2D eigenvalue weighted by Crippen LogP contribution is -2.14. The fourth-order valence-corrected chi connectivity index (χ4v) is 2.87.